The van der Waals surface area contributed by atoms with Crippen molar-refractivity contribution >= 4 is 17.4 Å². The minimum absolute atomic E-state index is 0.138. The minimum atomic E-state index is -0.410. The molecule has 0 bridgehead atoms. The number of hydrogen-bond donors (Lipinski definition) is 0. The largest absolute Gasteiger partial charge is 0.483 e. The molecule has 1 aromatic rings. The molecule has 1 atom stereocenters. The first-order valence-corrected chi connectivity index (χ1v) is 6.31. The highest BCUT2D eigenvalue weighted by Gasteiger charge is 2.14. The second-order valence-corrected chi connectivity index (χ2v) is 5.05. The van der Waals surface area contributed by atoms with Crippen LogP contribution in [0, 0.1) is 5.92 Å². The third-order valence-corrected chi connectivity index (χ3v) is 2.77. The quantitative estimate of drug-likeness (QED) is 0.764. The van der Waals surface area contributed by atoms with Gasteiger partial charge in [0.05, 0.1) is 0 Å². The molecule has 1 rings (SSSR count). The van der Waals surface area contributed by atoms with Crippen molar-refractivity contribution in [3.63, 3.8) is 0 Å². The van der Waals surface area contributed by atoms with Gasteiger partial charge < -0.3 is 4.74 Å². The molecule has 0 aliphatic rings. The Morgan fingerprint density at radius 3 is 2.65 bits per heavy atom. The van der Waals surface area contributed by atoms with E-state index in [0.29, 0.717) is 23.1 Å². The van der Waals surface area contributed by atoms with Gasteiger partial charge in [-0.15, -0.1) is 0 Å². The Morgan fingerprint density at radius 1 is 1.35 bits per heavy atom. The Labute approximate surface area is 108 Å². The number of carbonyl (C=O) groups excluding carboxylic acids is 1. The third kappa shape index (κ3) is 5.22. The van der Waals surface area contributed by atoms with E-state index in [4.69, 9.17) is 16.3 Å². The summed E-state index contributed by atoms with van der Waals surface area (Å²) < 4.78 is 5.56. The highest BCUT2D eigenvalue weighted by molar-refractivity contribution is 6.30. The van der Waals surface area contributed by atoms with E-state index in [0.717, 1.165) is 6.42 Å². The smallest absolute Gasteiger partial charge is 0.173 e. The summed E-state index contributed by atoms with van der Waals surface area (Å²) in [6.07, 6.45) is 1.06. The number of halogens is 1. The SMILES string of the molecule is CC(C)CCC(=O)C(C)Oc1cccc(Cl)c1. The van der Waals surface area contributed by atoms with Crippen LogP contribution in [0.4, 0.5) is 0 Å². The number of carbonyl (C=O) groups is 1. The lowest BCUT2D eigenvalue weighted by Gasteiger charge is -2.14. The van der Waals surface area contributed by atoms with E-state index >= 15 is 0 Å². The topological polar surface area (TPSA) is 26.3 Å². The van der Waals surface area contributed by atoms with Gasteiger partial charge >= 0.3 is 0 Å². The minimum Gasteiger partial charge on any atom is -0.483 e. The molecule has 0 fully saturated rings. The molecule has 1 aromatic carbocycles. The van der Waals surface area contributed by atoms with Crippen LogP contribution in [0.25, 0.3) is 0 Å². The molecule has 3 heteroatoms. The molecule has 0 spiro atoms. The van der Waals surface area contributed by atoms with E-state index in [2.05, 4.69) is 13.8 Å². The van der Waals surface area contributed by atoms with Crippen LogP contribution in [-0.2, 0) is 4.79 Å². The number of benzene rings is 1. The van der Waals surface area contributed by atoms with Crippen LogP contribution in [-0.4, -0.2) is 11.9 Å². The molecule has 0 saturated heterocycles. The van der Waals surface area contributed by atoms with Crippen LogP contribution in [0.1, 0.15) is 33.6 Å². The predicted octanol–water partition coefficient (Wildman–Crippen LogP) is 4.11. The Kier molecular flexibility index (Phi) is 5.49. The van der Waals surface area contributed by atoms with Gasteiger partial charge in [0.15, 0.2) is 11.9 Å². The van der Waals surface area contributed by atoms with E-state index in [1.54, 1.807) is 25.1 Å². The van der Waals surface area contributed by atoms with E-state index in [1.165, 1.54) is 0 Å². The Balaban J connectivity index is 2.48. The lowest BCUT2D eigenvalue weighted by atomic mass is 10.0. The second kappa shape index (κ2) is 6.65. The van der Waals surface area contributed by atoms with Crippen molar-refractivity contribution in [2.75, 3.05) is 0 Å². The van der Waals surface area contributed by atoms with E-state index < -0.39 is 6.10 Å². The molecule has 0 heterocycles. The van der Waals surface area contributed by atoms with Gasteiger partial charge in [-0.1, -0.05) is 31.5 Å². The number of Topliss-reactive ketones (excluding diaryl/α,β-unsaturated/α-hetero) is 1. The Morgan fingerprint density at radius 2 is 2.06 bits per heavy atom. The first kappa shape index (κ1) is 14.0. The second-order valence-electron chi connectivity index (χ2n) is 4.62. The summed E-state index contributed by atoms with van der Waals surface area (Å²) in [5, 5.41) is 0.615. The molecule has 2 nitrogen and oxygen atoms in total. The Hall–Kier alpha value is -1.02. The molecule has 0 radical (unpaired) electrons. The van der Waals surface area contributed by atoms with Crippen molar-refractivity contribution in [1.29, 1.82) is 0 Å². The monoisotopic (exact) mass is 254 g/mol. The summed E-state index contributed by atoms with van der Waals surface area (Å²) in [5.74, 6) is 1.32. The number of ketones is 1. The third-order valence-electron chi connectivity index (χ3n) is 2.53. The summed E-state index contributed by atoms with van der Waals surface area (Å²) >= 11 is 5.85. The van der Waals surface area contributed by atoms with Crippen LogP contribution >= 0.6 is 11.6 Å². The van der Waals surface area contributed by atoms with E-state index in [-0.39, 0.29) is 5.78 Å². The first-order chi connectivity index (χ1) is 7.99. The highest BCUT2D eigenvalue weighted by atomic mass is 35.5. The fraction of sp³-hybridized carbons (Fsp3) is 0.500. The van der Waals surface area contributed by atoms with Gasteiger partial charge in [0, 0.05) is 11.4 Å². The maximum atomic E-state index is 11.8. The van der Waals surface area contributed by atoms with Gasteiger partial charge in [-0.25, -0.2) is 0 Å². The molecule has 0 saturated carbocycles. The first-order valence-electron chi connectivity index (χ1n) is 5.94. The molecule has 0 aromatic heterocycles. The van der Waals surface area contributed by atoms with Crippen LogP contribution in [0.3, 0.4) is 0 Å². The van der Waals surface area contributed by atoms with Crippen molar-refractivity contribution in [3.05, 3.63) is 29.3 Å². The summed E-state index contributed by atoms with van der Waals surface area (Å²) in [6.45, 7) is 6.00. The van der Waals surface area contributed by atoms with E-state index in [1.807, 2.05) is 6.07 Å². The Bertz CT molecular complexity index is 374. The summed E-state index contributed by atoms with van der Waals surface area (Å²) in [4.78, 5) is 11.8. The van der Waals surface area contributed by atoms with Crippen molar-refractivity contribution < 1.29 is 9.53 Å². The standard InChI is InChI=1S/C14H19ClO2/c1-10(2)7-8-14(16)11(3)17-13-6-4-5-12(15)9-13/h4-6,9-11H,7-8H2,1-3H3. The summed E-state index contributed by atoms with van der Waals surface area (Å²) in [7, 11) is 0. The molecule has 17 heavy (non-hydrogen) atoms. The average Bonchev–Trinajstić information content (AvgIpc) is 2.25. The fourth-order valence-corrected chi connectivity index (χ4v) is 1.62. The van der Waals surface area contributed by atoms with Gasteiger partial charge in [-0.05, 0) is 37.5 Å². The fourth-order valence-electron chi connectivity index (χ4n) is 1.44. The number of hydrogen-bond acceptors (Lipinski definition) is 2. The highest BCUT2D eigenvalue weighted by Crippen LogP contribution is 2.19. The van der Waals surface area contributed by atoms with Gasteiger partial charge in [0.2, 0.25) is 0 Å². The van der Waals surface area contributed by atoms with E-state index in [9.17, 15) is 4.79 Å². The zero-order chi connectivity index (χ0) is 12.8. The maximum absolute atomic E-state index is 11.8. The maximum Gasteiger partial charge on any atom is 0.173 e. The van der Waals surface area contributed by atoms with Gasteiger partial charge in [-0.3, -0.25) is 4.79 Å². The molecule has 0 N–H and O–H groups in total. The van der Waals surface area contributed by atoms with Crippen LogP contribution in [0.2, 0.25) is 5.02 Å². The van der Waals surface area contributed by atoms with Crippen molar-refractivity contribution in [2.24, 2.45) is 5.92 Å². The molecular formula is C14H19ClO2. The normalized spacial score (nSPS) is 12.5. The predicted molar refractivity (Wildman–Crippen MR) is 70.6 cm³/mol. The zero-order valence-corrected chi connectivity index (χ0v) is 11.3. The molecule has 0 amide bonds. The number of ether oxygens (including phenoxy) is 1. The van der Waals surface area contributed by atoms with Crippen LogP contribution < -0.4 is 4.74 Å². The van der Waals surface area contributed by atoms with Crippen molar-refractivity contribution in [2.45, 2.75) is 39.7 Å². The van der Waals surface area contributed by atoms with Crippen LogP contribution in [0.15, 0.2) is 24.3 Å². The molecule has 1 unspecified atom stereocenters. The lowest BCUT2D eigenvalue weighted by Crippen LogP contribution is -2.23. The molecule has 94 valence electrons. The zero-order valence-electron chi connectivity index (χ0n) is 10.6. The lowest BCUT2D eigenvalue weighted by molar-refractivity contribution is -0.125. The van der Waals surface area contributed by atoms with Crippen molar-refractivity contribution in [1.82, 2.24) is 0 Å². The molecule has 0 aliphatic heterocycles. The van der Waals surface area contributed by atoms with Crippen molar-refractivity contribution in [3.8, 4) is 5.75 Å². The average molecular weight is 255 g/mol. The summed E-state index contributed by atoms with van der Waals surface area (Å²) in [5.41, 5.74) is 0. The summed E-state index contributed by atoms with van der Waals surface area (Å²) in [6, 6.07) is 7.11. The van der Waals surface area contributed by atoms with Gasteiger partial charge in [0.25, 0.3) is 0 Å². The number of rotatable bonds is 6. The van der Waals surface area contributed by atoms with Gasteiger partial charge in [-0.2, -0.15) is 0 Å². The molecule has 0 aliphatic carbocycles. The van der Waals surface area contributed by atoms with Crippen LogP contribution in [0.5, 0.6) is 5.75 Å². The van der Waals surface area contributed by atoms with Gasteiger partial charge in [0.1, 0.15) is 5.75 Å². The molecular weight excluding hydrogens is 236 g/mol.